The van der Waals surface area contributed by atoms with Crippen molar-refractivity contribution in [1.82, 2.24) is 8.94 Å². The molecule has 1 aliphatic carbocycles. The fraction of sp³-hybridized carbons (Fsp3) is 0.176. The average Bonchev–Trinajstić information content (AvgIpc) is 3.24. The third-order valence-electron chi connectivity index (χ3n) is 3.52. The Labute approximate surface area is 135 Å². The van der Waals surface area contributed by atoms with Crippen molar-refractivity contribution in [1.29, 1.82) is 0 Å². The molecule has 0 spiro atoms. The number of nitrogens with zero attached hydrogens (tertiary/aromatic N) is 3. The normalized spacial score (nSPS) is 15.1. The standard InChI is InChI=1S/C17H13F2N3S/c18-12-8-11(9-13(19)10-12)16-21-17(20-14-6-7-14)23-22(16)15-4-2-1-3-5-15/h1-5,8-10,14H,6-7H2. The van der Waals surface area contributed by atoms with Gasteiger partial charge in [0.2, 0.25) is 4.80 Å². The molecule has 0 N–H and O–H groups in total. The minimum absolute atomic E-state index is 0.336. The molecule has 0 atom stereocenters. The molecular formula is C17H13F2N3S. The van der Waals surface area contributed by atoms with E-state index in [-0.39, 0.29) is 0 Å². The summed E-state index contributed by atoms with van der Waals surface area (Å²) in [5.74, 6) is -0.736. The van der Waals surface area contributed by atoms with Crippen LogP contribution in [0.5, 0.6) is 0 Å². The van der Waals surface area contributed by atoms with E-state index >= 15 is 0 Å². The van der Waals surface area contributed by atoms with Crippen LogP contribution in [0.4, 0.5) is 8.78 Å². The van der Waals surface area contributed by atoms with Crippen LogP contribution in [0.2, 0.25) is 0 Å². The molecule has 0 bridgehead atoms. The van der Waals surface area contributed by atoms with Crippen LogP contribution < -0.4 is 4.80 Å². The van der Waals surface area contributed by atoms with E-state index in [1.165, 1.54) is 23.7 Å². The minimum atomic E-state index is -0.617. The highest BCUT2D eigenvalue weighted by Crippen LogP contribution is 2.26. The summed E-state index contributed by atoms with van der Waals surface area (Å²) in [6.45, 7) is 0. The Kier molecular flexibility index (Phi) is 3.53. The zero-order chi connectivity index (χ0) is 15.8. The lowest BCUT2D eigenvalue weighted by Crippen LogP contribution is -2.00. The summed E-state index contributed by atoms with van der Waals surface area (Å²) in [4.78, 5) is 9.68. The smallest absolute Gasteiger partial charge is 0.223 e. The van der Waals surface area contributed by atoms with Gasteiger partial charge in [-0.2, -0.15) is 4.98 Å². The molecule has 3 nitrogen and oxygen atoms in total. The van der Waals surface area contributed by atoms with Crippen LogP contribution in [0, 0.1) is 11.6 Å². The second kappa shape index (κ2) is 5.70. The topological polar surface area (TPSA) is 30.2 Å². The zero-order valence-corrected chi connectivity index (χ0v) is 12.9. The molecule has 116 valence electrons. The lowest BCUT2D eigenvalue weighted by atomic mass is 10.2. The summed E-state index contributed by atoms with van der Waals surface area (Å²) < 4.78 is 29.0. The quantitative estimate of drug-likeness (QED) is 0.716. The number of para-hydroxylation sites is 1. The molecule has 1 aromatic heterocycles. The van der Waals surface area contributed by atoms with Crippen LogP contribution >= 0.6 is 11.5 Å². The van der Waals surface area contributed by atoms with E-state index in [0.717, 1.165) is 24.6 Å². The van der Waals surface area contributed by atoms with Crippen LogP contribution in [-0.4, -0.2) is 15.0 Å². The van der Waals surface area contributed by atoms with Gasteiger partial charge < -0.3 is 0 Å². The Balaban J connectivity index is 1.91. The van der Waals surface area contributed by atoms with Crippen LogP contribution in [-0.2, 0) is 0 Å². The van der Waals surface area contributed by atoms with E-state index in [1.54, 1.807) is 0 Å². The molecule has 3 aromatic rings. The molecule has 0 radical (unpaired) electrons. The van der Waals surface area contributed by atoms with Crippen LogP contribution in [0.1, 0.15) is 12.8 Å². The summed E-state index contributed by atoms with van der Waals surface area (Å²) in [7, 11) is 0. The first kappa shape index (κ1) is 14.3. The van der Waals surface area contributed by atoms with Gasteiger partial charge in [-0.1, -0.05) is 18.2 Å². The number of rotatable bonds is 3. The van der Waals surface area contributed by atoms with Gasteiger partial charge in [0.15, 0.2) is 5.82 Å². The molecule has 1 saturated carbocycles. The fourth-order valence-electron chi connectivity index (χ4n) is 2.30. The number of hydrogen-bond acceptors (Lipinski definition) is 3. The molecule has 1 aliphatic rings. The van der Waals surface area contributed by atoms with Crippen molar-refractivity contribution in [2.45, 2.75) is 18.9 Å². The fourth-order valence-corrected chi connectivity index (χ4v) is 3.24. The lowest BCUT2D eigenvalue weighted by Gasteiger charge is -2.06. The van der Waals surface area contributed by atoms with E-state index in [4.69, 9.17) is 0 Å². The third kappa shape index (κ3) is 3.07. The van der Waals surface area contributed by atoms with E-state index < -0.39 is 11.6 Å². The van der Waals surface area contributed by atoms with Gasteiger partial charge in [0, 0.05) is 11.6 Å². The number of hydrogen-bond donors (Lipinski definition) is 0. The predicted molar refractivity (Wildman–Crippen MR) is 85.4 cm³/mol. The van der Waals surface area contributed by atoms with Gasteiger partial charge in [0.25, 0.3) is 0 Å². The highest BCUT2D eigenvalue weighted by Gasteiger charge is 2.21. The first-order chi connectivity index (χ1) is 11.2. The summed E-state index contributed by atoms with van der Waals surface area (Å²) in [6.07, 6.45) is 2.16. The molecule has 0 amide bonds. The Morgan fingerprint density at radius 2 is 1.74 bits per heavy atom. The van der Waals surface area contributed by atoms with E-state index in [0.29, 0.717) is 22.2 Å². The van der Waals surface area contributed by atoms with Crippen LogP contribution in [0.25, 0.3) is 17.1 Å². The molecule has 23 heavy (non-hydrogen) atoms. The third-order valence-corrected chi connectivity index (χ3v) is 4.44. The van der Waals surface area contributed by atoms with Gasteiger partial charge in [0.05, 0.1) is 11.7 Å². The van der Waals surface area contributed by atoms with E-state index in [2.05, 4.69) is 9.98 Å². The average molecular weight is 329 g/mol. The molecule has 4 rings (SSSR count). The van der Waals surface area contributed by atoms with Gasteiger partial charge in [-0.15, -0.1) is 0 Å². The largest absolute Gasteiger partial charge is 0.253 e. The van der Waals surface area contributed by atoms with Crippen molar-refractivity contribution in [3.05, 3.63) is 65.0 Å². The Morgan fingerprint density at radius 3 is 2.39 bits per heavy atom. The lowest BCUT2D eigenvalue weighted by molar-refractivity contribution is 0.584. The molecule has 0 aliphatic heterocycles. The molecule has 1 fully saturated rings. The van der Waals surface area contributed by atoms with Gasteiger partial charge in [0.1, 0.15) is 11.6 Å². The number of benzene rings is 2. The number of halogens is 2. The van der Waals surface area contributed by atoms with Crippen molar-refractivity contribution >= 4 is 11.5 Å². The van der Waals surface area contributed by atoms with Gasteiger partial charge in [-0.25, -0.2) is 12.7 Å². The zero-order valence-electron chi connectivity index (χ0n) is 12.1. The molecular weight excluding hydrogens is 316 g/mol. The van der Waals surface area contributed by atoms with Gasteiger partial charge >= 0.3 is 0 Å². The SMILES string of the molecule is Fc1cc(F)cc(-c2nc(=NC3CC3)sn2-c2ccccc2)c1. The van der Waals surface area contributed by atoms with Gasteiger partial charge in [-0.05, 0) is 48.6 Å². The Hall–Kier alpha value is -2.34. The van der Waals surface area contributed by atoms with E-state index in [1.807, 2.05) is 34.3 Å². The van der Waals surface area contributed by atoms with Crippen molar-refractivity contribution in [3.8, 4) is 17.1 Å². The second-order valence-corrected chi connectivity index (χ2v) is 6.37. The van der Waals surface area contributed by atoms with Crippen molar-refractivity contribution in [2.24, 2.45) is 4.99 Å². The molecule has 1 heterocycles. The maximum atomic E-state index is 13.6. The minimum Gasteiger partial charge on any atom is -0.253 e. The van der Waals surface area contributed by atoms with Crippen molar-refractivity contribution in [2.75, 3.05) is 0 Å². The second-order valence-electron chi connectivity index (χ2n) is 5.46. The van der Waals surface area contributed by atoms with Crippen LogP contribution in [0.15, 0.2) is 53.5 Å². The van der Waals surface area contributed by atoms with E-state index in [9.17, 15) is 8.78 Å². The molecule has 0 saturated heterocycles. The van der Waals surface area contributed by atoms with Crippen LogP contribution in [0.3, 0.4) is 0 Å². The monoisotopic (exact) mass is 329 g/mol. The Bertz CT molecular complexity index is 891. The number of aromatic nitrogens is 2. The summed E-state index contributed by atoms with van der Waals surface area (Å²) in [5.41, 5.74) is 1.29. The maximum Gasteiger partial charge on any atom is 0.223 e. The van der Waals surface area contributed by atoms with Crippen molar-refractivity contribution in [3.63, 3.8) is 0 Å². The molecule has 2 aromatic carbocycles. The summed E-state index contributed by atoms with van der Waals surface area (Å²) in [5, 5.41) is 0. The predicted octanol–water partition coefficient (Wildman–Crippen LogP) is 3.94. The van der Waals surface area contributed by atoms with Crippen molar-refractivity contribution < 1.29 is 8.78 Å². The Morgan fingerprint density at radius 1 is 1.04 bits per heavy atom. The first-order valence-corrected chi connectivity index (χ1v) is 8.12. The first-order valence-electron chi connectivity index (χ1n) is 7.35. The highest BCUT2D eigenvalue weighted by molar-refractivity contribution is 7.04. The van der Waals surface area contributed by atoms with Gasteiger partial charge in [-0.3, -0.25) is 4.99 Å². The molecule has 0 unspecified atom stereocenters. The molecule has 6 heteroatoms. The summed E-state index contributed by atoms with van der Waals surface area (Å²) >= 11 is 1.38. The summed E-state index contributed by atoms with van der Waals surface area (Å²) in [6, 6.07) is 13.4. The maximum absolute atomic E-state index is 13.6. The highest BCUT2D eigenvalue weighted by atomic mass is 32.1.